The van der Waals surface area contributed by atoms with Gasteiger partial charge in [0.25, 0.3) is 0 Å². The number of hydrogen-bond donors (Lipinski definition) is 5. The Morgan fingerprint density at radius 2 is 1.81 bits per heavy atom. The Bertz CT molecular complexity index is 1600. The third kappa shape index (κ3) is 8.59. The van der Waals surface area contributed by atoms with Gasteiger partial charge in [-0.25, -0.2) is 27.9 Å². The molecule has 2 aromatic carbocycles. The van der Waals surface area contributed by atoms with E-state index in [1.807, 2.05) is 12.1 Å². The number of rotatable bonds is 11. The van der Waals surface area contributed by atoms with Crippen molar-refractivity contribution in [1.29, 1.82) is 0 Å². The van der Waals surface area contributed by atoms with Gasteiger partial charge >= 0.3 is 6.09 Å². The first-order chi connectivity index (χ1) is 19.8. The van der Waals surface area contributed by atoms with E-state index < -0.39 is 28.1 Å². The van der Waals surface area contributed by atoms with Crippen LogP contribution in [0.4, 0.5) is 16.2 Å². The van der Waals surface area contributed by atoms with Crippen LogP contribution in [0.25, 0.3) is 21.0 Å². The lowest BCUT2D eigenvalue weighted by Gasteiger charge is -2.22. The number of sulfonamides is 1. The second-order valence-electron chi connectivity index (χ2n) is 10.6. The lowest BCUT2D eigenvalue weighted by Crippen LogP contribution is -2.40. The molecule has 1 atom stereocenters. The van der Waals surface area contributed by atoms with Crippen molar-refractivity contribution in [3.8, 4) is 21.0 Å². The van der Waals surface area contributed by atoms with Crippen LogP contribution in [0.2, 0.25) is 0 Å². The Kier molecular flexibility index (Phi) is 9.64. The average Bonchev–Trinajstić information content (AvgIpc) is 3.59. The standard InChI is InChI=1S/C28H34N6O6S2/c1-17(2)40-27(36)32-19-8-6-18(7-9-19)25-31-15-22(41-25)21-11-10-20(14-23(21)42(37,38)34-28(3,4)5)33-26(35)39-16-24-29-12-13-30-24/h6-15,17,26,33-35H,16H2,1-5H3,(H,29,30)(H,32,36). The predicted octanol–water partition coefficient (Wildman–Crippen LogP) is 5.14. The van der Waals surface area contributed by atoms with Crippen molar-refractivity contribution in [3.63, 3.8) is 0 Å². The largest absolute Gasteiger partial charge is 0.447 e. The minimum absolute atomic E-state index is 0.0130. The van der Waals surface area contributed by atoms with Crippen LogP contribution in [-0.4, -0.2) is 52.6 Å². The monoisotopic (exact) mass is 614 g/mol. The predicted molar refractivity (Wildman–Crippen MR) is 161 cm³/mol. The summed E-state index contributed by atoms with van der Waals surface area (Å²) in [5.41, 5.74) is 1.41. The fourth-order valence-corrected chi connectivity index (χ4v) is 6.50. The van der Waals surface area contributed by atoms with Crippen LogP contribution >= 0.6 is 11.3 Å². The first-order valence-corrected chi connectivity index (χ1v) is 15.4. The molecule has 0 fully saturated rings. The molecule has 0 saturated heterocycles. The zero-order valence-electron chi connectivity index (χ0n) is 23.8. The molecule has 0 aliphatic carbocycles. The molecule has 0 saturated carbocycles. The van der Waals surface area contributed by atoms with Gasteiger partial charge in [0.2, 0.25) is 16.4 Å². The number of imidazole rings is 1. The number of carbonyl (C=O) groups is 1. The summed E-state index contributed by atoms with van der Waals surface area (Å²) < 4.78 is 40.2. The number of aliphatic hydroxyl groups is 1. The number of H-pyrrole nitrogens is 1. The van der Waals surface area contributed by atoms with Gasteiger partial charge in [-0.2, -0.15) is 0 Å². The maximum Gasteiger partial charge on any atom is 0.411 e. The van der Waals surface area contributed by atoms with Gasteiger partial charge in [-0.05, 0) is 71.0 Å². The second-order valence-corrected chi connectivity index (χ2v) is 13.3. The van der Waals surface area contributed by atoms with Crippen LogP contribution in [0.15, 0.2) is 66.0 Å². The number of thiazole rings is 1. The molecule has 1 amide bonds. The van der Waals surface area contributed by atoms with Crippen molar-refractivity contribution in [2.45, 2.75) is 64.2 Å². The van der Waals surface area contributed by atoms with E-state index in [0.29, 0.717) is 32.6 Å². The van der Waals surface area contributed by atoms with Crippen LogP contribution in [-0.2, 0) is 26.1 Å². The van der Waals surface area contributed by atoms with Gasteiger partial charge in [0.05, 0.1) is 15.9 Å². The van der Waals surface area contributed by atoms with E-state index in [2.05, 4.69) is 30.3 Å². The molecule has 0 spiro atoms. The fourth-order valence-electron chi connectivity index (χ4n) is 3.80. The molecule has 0 aliphatic rings. The third-order valence-corrected chi connectivity index (χ3v) is 8.30. The van der Waals surface area contributed by atoms with Gasteiger partial charge in [-0.15, -0.1) is 11.3 Å². The van der Waals surface area contributed by atoms with Crippen molar-refractivity contribution in [2.75, 3.05) is 10.6 Å². The van der Waals surface area contributed by atoms with Crippen LogP contribution in [0.1, 0.15) is 40.4 Å². The van der Waals surface area contributed by atoms with Gasteiger partial charge < -0.3 is 24.9 Å². The highest BCUT2D eigenvalue weighted by Gasteiger charge is 2.27. The first-order valence-electron chi connectivity index (χ1n) is 13.1. The minimum atomic E-state index is -3.98. The molecule has 14 heteroatoms. The Balaban J connectivity index is 1.58. The van der Waals surface area contributed by atoms with E-state index in [1.165, 1.54) is 17.4 Å². The number of amides is 1. The molecule has 42 heavy (non-hydrogen) atoms. The van der Waals surface area contributed by atoms with E-state index in [1.54, 1.807) is 77.5 Å². The molecule has 4 aromatic rings. The van der Waals surface area contributed by atoms with Gasteiger partial charge in [-0.1, -0.05) is 6.07 Å². The highest BCUT2D eigenvalue weighted by atomic mass is 32.2. The molecule has 4 rings (SSSR count). The summed E-state index contributed by atoms with van der Waals surface area (Å²) in [5.74, 6) is 0.532. The number of benzene rings is 2. The zero-order chi connectivity index (χ0) is 30.5. The van der Waals surface area contributed by atoms with E-state index in [4.69, 9.17) is 9.47 Å². The number of aromatic nitrogens is 3. The smallest absolute Gasteiger partial charge is 0.411 e. The molecule has 2 aromatic heterocycles. The molecular formula is C28H34N6O6S2. The quantitative estimate of drug-likeness (QED) is 0.144. The SMILES string of the molecule is CC(C)OC(=O)Nc1ccc(-c2ncc(-c3ccc(NC(O)OCc4ncc[nH]4)cc3S(=O)(=O)NC(C)(C)C)s2)cc1. The Morgan fingerprint density at radius 3 is 2.45 bits per heavy atom. The van der Waals surface area contributed by atoms with Crippen LogP contribution in [0, 0.1) is 0 Å². The Morgan fingerprint density at radius 1 is 1.10 bits per heavy atom. The first kappa shape index (κ1) is 31.1. The molecule has 0 aliphatic heterocycles. The van der Waals surface area contributed by atoms with Crippen molar-refractivity contribution >= 4 is 38.8 Å². The highest BCUT2D eigenvalue weighted by Crippen LogP contribution is 2.37. The molecule has 0 bridgehead atoms. The van der Waals surface area contributed by atoms with E-state index in [0.717, 1.165) is 5.56 Å². The van der Waals surface area contributed by atoms with Crippen molar-refractivity contribution < 1.29 is 27.8 Å². The second kappa shape index (κ2) is 13.0. The molecule has 2 heterocycles. The van der Waals surface area contributed by atoms with E-state index in [-0.39, 0.29) is 17.6 Å². The van der Waals surface area contributed by atoms with E-state index in [9.17, 15) is 18.3 Å². The van der Waals surface area contributed by atoms with Crippen LogP contribution in [0.3, 0.4) is 0 Å². The third-order valence-electron chi connectivity index (χ3n) is 5.43. The van der Waals surface area contributed by atoms with Gasteiger partial charge in [-0.3, -0.25) is 5.32 Å². The highest BCUT2D eigenvalue weighted by molar-refractivity contribution is 7.89. The molecule has 0 radical (unpaired) electrons. The number of carbonyl (C=O) groups excluding carboxylic acids is 1. The number of aliphatic hydroxyl groups excluding tert-OH is 1. The summed E-state index contributed by atoms with van der Waals surface area (Å²) in [6.07, 6.45) is 2.64. The maximum absolute atomic E-state index is 13.5. The number of nitrogens with one attached hydrogen (secondary N) is 4. The van der Waals surface area contributed by atoms with Crippen molar-refractivity contribution in [1.82, 2.24) is 19.7 Å². The topological polar surface area (TPSA) is 168 Å². The fraction of sp³-hybridized carbons (Fsp3) is 0.321. The average molecular weight is 615 g/mol. The zero-order valence-corrected chi connectivity index (χ0v) is 25.5. The molecule has 5 N–H and O–H groups in total. The Hall–Kier alpha value is -3.82. The molecule has 12 nitrogen and oxygen atoms in total. The van der Waals surface area contributed by atoms with Gasteiger partial charge in [0.1, 0.15) is 17.4 Å². The summed E-state index contributed by atoms with van der Waals surface area (Å²) in [6.45, 7) is 8.83. The van der Waals surface area contributed by atoms with Crippen molar-refractivity contribution in [2.24, 2.45) is 0 Å². The summed E-state index contributed by atoms with van der Waals surface area (Å²) in [5, 5.41) is 16.4. The van der Waals surface area contributed by atoms with Crippen LogP contribution in [0.5, 0.6) is 0 Å². The summed E-state index contributed by atoms with van der Waals surface area (Å²) >= 11 is 1.32. The number of ether oxygens (including phenoxy) is 2. The molecular weight excluding hydrogens is 580 g/mol. The summed E-state index contributed by atoms with van der Waals surface area (Å²) in [4.78, 5) is 23.9. The number of hydrogen-bond acceptors (Lipinski definition) is 10. The minimum Gasteiger partial charge on any atom is -0.447 e. The number of nitrogens with zero attached hydrogens (tertiary/aromatic N) is 2. The lowest BCUT2D eigenvalue weighted by atomic mass is 10.1. The summed E-state index contributed by atoms with van der Waals surface area (Å²) in [6, 6.07) is 11.8. The van der Waals surface area contributed by atoms with Crippen molar-refractivity contribution in [3.05, 3.63) is 66.9 Å². The number of aromatic amines is 1. The Labute approximate surface area is 248 Å². The van der Waals surface area contributed by atoms with Gasteiger partial charge in [0.15, 0.2) is 0 Å². The lowest BCUT2D eigenvalue weighted by molar-refractivity contribution is -0.0889. The van der Waals surface area contributed by atoms with E-state index >= 15 is 0 Å². The van der Waals surface area contributed by atoms with Crippen LogP contribution < -0.4 is 15.4 Å². The number of anilines is 2. The normalized spacial score (nSPS) is 12.7. The van der Waals surface area contributed by atoms with Gasteiger partial charge in [0, 0.05) is 46.6 Å². The maximum atomic E-state index is 13.5. The molecule has 224 valence electrons. The molecule has 1 unspecified atom stereocenters. The summed E-state index contributed by atoms with van der Waals surface area (Å²) in [7, 11) is -3.98.